The van der Waals surface area contributed by atoms with Crippen molar-refractivity contribution in [2.24, 2.45) is 23.1 Å². The quantitative estimate of drug-likeness (QED) is 0.206. The summed E-state index contributed by atoms with van der Waals surface area (Å²) < 4.78 is 0. The van der Waals surface area contributed by atoms with Crippen molar-refractivity contribution in [1.82, 2.24) is 15.1 Å². The molecule has 1 heterocycles. The molecule has 2 aliphatic rings. The molecule has 0 spiro atoms. The van der Waals surface area contributed by atoms with Crippen molar-refractivity contribution < 1.29 is 9.59 Å². The first-order valence-corrected chi connectivity index (χ1v) is 18.0. The molecule has 1 saturated heterocycles. The van der Waals surface area contributed by atoms with Crippen LogP contribution in [-0.2, 0) is 22.4 Å². The van der Waals surface area contributed by atoms with Crippen molar-refractivity contribution in [3.05, 3.63) is 67.6 Å². The van der Waals surface area contributed by atoms with Gasteiger partial charge in [-0.15, -0.1) is 0 Å². The van der Waals surface area contributed by atoms with Gasteiger partial charge in [0.15, 0.2) is 0 Å². The number of hydrogen-bond donors (Lipinski definition) is 4. The number of nitrogens with two attached hydrogens (primary N) is 3. The summed E-state index contributed by atoms with van der Waals surface area (Å²) in [6.07, 6.45) is 9.38. The first-order chi connectivity index (χ1) is 22.0. The van der Waals surface area contributed by atoms with Gasteiger partial charge in [0.2, 0.25) is 11.8 Å². The average Bonchev–Trinajstić information content (AvgIpc) is 3.03. The summed E-state index contributed by atoms with van der Waals surface area (Å²) in [6, 6.07) is 9.18. The molecule has 2 amide bonds. The van der Waals surface area contributed by atoms with Gasteiger partial charge in [0, 0.05) is 64.9 Å². The molecule has 1 saturated carbocycles. The van der Waals surface area contributed by atoms with Crippen LogP contribution in [0.4, 0.5) is 0 Å². The lowest BCUT2D eigenvalue weighted by molar-refractivity contribution is -0.137. The second kappa shape index (κ2) is 18.2. The van der Waals surface area contributed by atoms with Gasteiger partial charge in [-0.3, -0.25) is 9.59 Å². The maximum Gasteiger partial charge on any atom is 0.240 e. The van der Waals surface area contributed by atoms with E-state index in [1.54, 1.807) is 35.2 Å². The number of amides is 2. The molecule has 2 aromatic carbocycles. The summed E-state index contributed by atoms with van der Waals surface area (Å²) in [6.45, 7) is 2.55. The second-order valence-corrected chi connectivity index (χ2v) is 14.5. The second-order valence-electron chi connectivity index (χ2n) is 12.8. The van der Waals surface area contributed by atoms with Crippen molar-refractivity contribution in [3.8, 4) is 0 Å². The third-order valence-corrected chi connectivity index (χ3v) is 10.5. The summed E-state index contributed by atoms with van der Waals surface area (Å²) in [5.74, 6) is 0.409. The maximum absolute atomic E-state index is 13.9. The van der Waals surface area contributed by atoms with Crippen LogP contribution < -0.4 is 22.5 Å². The van der Waals surface area contributed by atoms with E-state index in [4.69, 9.17) is 63.6 Å². The number of carbonyl (C=O) groups excluding carboxylic acids is 2. The topological polar surface area (TPSA) is 131 Å². The van der Waals surface area contributed by atoms with E-state index in [9.17, 15) is 9.59 Å². The average molecular weight is 715 g/mol. The molecule has 0 radical (unpaired) electrons. The summed E-state index contributed by atoms with van der Waals surface area (Å²) in [5.41, 5.74) is 20.3. The number of piperazine rings is 1. The minimum atomic E-state index is -0.748. The van der Waals surface area contributed by atoms with Gasteiger partial charge in [-0.2, -0.15) is 0 Å². The molecule has 1 aliphatic heterocycles. The van der Waals surface area contributed by atoms with Crippen molar-refractivity contribution in [2.75, 3.05) is 32.7 Å². The fourth-order valence-electron chi connectivity index (χ4n) is 6.83. The minimum Gasteiger partial charge on any atom is -0.340 e. The molecule has 254 valence electrons. The zero-order valence-electron chi connectivity index (χ0n) is 26.4. The highest BCUT2D eigenvalue weighted by molar-refractivity contribution is 6.35. The van der Waals surface area contributed by atoms with Gasteiger partial charge < -0.3 is 32.3 Å². The van der Waals surface area contributed by atoms with Crippen LogP contribution in [0.2, 0.25) is 20.1 Å². The van der Waals surface area contributed by atoms with E-state index in [-0.39, 0.29) is 23.9 Å². The Kier molecular flexibility index (Phi) is 14.7. The molecular weight excluding hydrogens is 666 g/mol. The molecule has 1 aliphatic carbocycles. The number of hydrogen-bond acceptors (Lipinski definition) is 6. The Morgan fingerprint density at radius 3 is 2.09 bits per heavy atom. The number of halogens is 4. The highest BCUT2D eigenvalue weighted by atomic mass is 35.5. The Hall–Kier alpha value is -1.62. The van der Waals surface area contributed by atoms with Crippen molar-refractivity contribution >= 4 is 58.2 Å². The van der Waals surface area contributed by atoms with Crippen LogP contribution in [-0.4, -0.2) is 78.5 Å². The lowest BCUT2D eigenvalue weighted by Crippen LogP contribution is -2.61. The highest BCUT2D eigenvalue weighted by Crippen LogP contribution is 2.30. The molecule has 2 fully saturated rings. The van der Waals surface area contributed by atoms with Crippen LogP contribution >= 0.6 is 46.4 Å². The molecule has 8 nitrogen and oxygen atoms in total. The fraction of sp³-hybridized carbons (Fsp3) is 0.588. The van der Waals surface area contributed by atoms with Gasteiger partial charge in [-0.1, -0.05) is 90.6 Å². The lowest BCUT2D eigenvalue weighted by atomic mass is 9.83. The predicted molar refractivity (Wildman–Crippen MR) is 190 cm³/mol. The molecular formula is C34H48Cl4N6O2. The number of rotatable bonds is 14. The molecule has 12 heteroatoms. The zero-order valence-corrected chi connectivity index (χ0v) is 29.4. The van der Waals surface area contributed by atoms with E-state index < -0.39 is 12.1 Å². The zero-order chi connectivity index (χ0) is 33.2. The van der Waals surface area contributed by atoms with E-state index in [1.807, 2.05) is 11.0 Å². The van der Waals surface area contributed by atoms with Crippen LogP contribution in [0, 0.1) is 5.92 Å². The smallest absolute Gasteiger partial charge is 0.240 e. The molecule has 46 heavy (non-hydrogen) atoms. The van der Waals surface area contributed by atoms with Crippen molar-refractivity contribution in [3.63, 3.8) is 0 Å². The van der Waals surface area contributed by atoms with Crippen LogP contribution in [0.15, 0.2) is 36.4 Å². The number of nitrogens with zero attached hydrogens (tertiary/aromatic N) is 2. The Morgan fingerprint density at radius 2 is 1.50 bits per heavy atom. The largest absolute Gasteiger partial charge is 0.340 e. The van der Waals surface area contributed by atoms with Gasteiger partial charge >= 0.3 is 0 Å². The number of nitrogens with one attached hydrogen (secondary N) is 1. The normalized spacial score (nSPS) is 20.4. The van der Waals surface area contributed by atoms with E-state index >= 15 is 0 Å². The van der Waals surface area contributed by atoms with E-state index in [0.29, 0.717) is 65.0 Å². The Morgan fingerprint density at radius 1 is 0.891 bits per heavy atom. The summed E-state index contributed by atoms with van der Waals surface area (Å²) in [4.78, 5) is 31.0. The summed E-state index contributed by atoms with van der Waals surface area (Å²) >= 11 is 24.8. The van der Waals surface area contributed by atoms with Gasteiger partial charge in [-0.05, 0) is 73.4 Å². The number of carbonyl (C=O) groups is 2. The fourth-order valence-corrected chi connectivity index (χ4v) is 7.80. The SMILES string of the molecule is NCCN(CCC[C@H]1CN(C(=O)[C@H](N)Cc2ccc(Cl)cc2Cl)[C@H](CC2CCCCC2)CN1)C(=O)[C@H](N)Cc1ccc(Cl)cc1Cl. The Bertz CT molecular complexity index is 1310. The van der Waals surface area contributed by atoms with Crippen molar-refractivity contribution in [2.45, 2.75) is 88.4 Å². The monoisotopic (exact) mass is 712 g/mol. The molecule has 4 atom stereocenters. The molecule has 0 aromatic heterocycles. The molecule has 0 unspecified atom stereocenters. The summed E-state index contributed by atoms with van der Waals surface area (Å²) in [7, 11) is 0. The molecule has 4 rings (SSSR count). The third kappa shape index (κ3) is 10.7. The molecule has 7 N–H and O–H groups in total. The minimum absolute atomic E-state index is 0.0508. The molecule has 2 aromatic rings. The van der Waals surface area contributed by atoms with Gasteiger partial charge in [0.25, 0.3) is 0 Å². The van der Waals surface area contributed by atoms with E-state index in [2.05, 4.69) is 5.32 Å². The van der Waals surface area contributed by atoms with Gasteiger partial charge in [-0.25, -0.2) is 0 Å². The van der Waals surface area contributed by atoms with Gasteiger partial charge in [0.1, 0.15) is 0 Å². The predicted octanol–water partition coefficient (Wildman–Crippen LogP) is 5.45. The first kappa shape index (κ1) is 37.2. The molecule has 0 bridgehead atoms. The number of benzene rings is 2. The van der Waals surface area contributed by atoms with E-state index in [1.165, 1.54) is 32.1 Å². The van der Waals surface area contributed by atoms with Crippen LogP contribution in [0.25, 0.3) is 0 Å². The van der Waals surface area contributed by atoms with Crippen LogP contribution in [0.1, 0.15) is 62.5 Å². The van der Waals surface area contributed by atoms with Crippen molar-refractivity contribution in [1.29, 1.82) is 0 Å². The van der Waals surface area contributed by atoms with Crippen LogP contribution in [0.3, 0.4) is 0 Å². The van der Waals surface area contributed by atoms with E-state index in [0.717, 1.165) is 36.9 Å². The summed E-state index contributed by atoms with van der Waals surface area (Å²) in [5, 5.41) is 5.78. The Labute approximate surface area is 293 Å². The maximum atomic E-state index is 13.9. The van der Waals surface area contributed by atoms with Crippen LogP contribution in [0.5, 0.6) is 0 Å². The van der Waals surface area contributed by atoms with Gasteiger partial charge in [0.05, 0.1) is 12.1 Å². The standard InChI is InChI=1S/C34H48Cl4N6O2/c35-25-10-8-23(29(37)18-25)16-31(40)33(45)43(14-12-39)13-4-7-27-21-44(28(20-42-27)15-22-5-2-1-3-6-22)34(46)32(41)17-24-9-11-26(36)19-30(24)38/h8-11,18-19,22,27-28,31-32,42H,1-7,12-17,20-21,39-41H2/t27-,28+,31+,32+/m0/s1. The lowest BCUT2D eigenvalue weighted by Gasteiger charge is -2.43. The first-order valence-electron chi connectivity index (χ1n) is 16.5. The Balaban J connectivity index is 1.37. The highest BCUT2D eigenvalue weighted by Gasteiger charge is 2.35. The third-order valence-electron chi connectivity index (χ3n) is 9.35.